The standard InChI is InChI=1S/C28H33N3O4/c32-25(21-5-2-1-3-6-21)29-24-8-4-7-23(19-24)20-9-11-22(12-10-20)26(33)30-15-17-31(18-16-30)27(34)28(35)13-14-28/h4,7-12,19,21,35H,1-3,5-6,13-18H2,(H,29,32). The van der Waals surface area contributed by atoms with Gasteiger partial charge in [-0.2, -0.15) is 0 Å². The Bertz CT molecular complexity index is 1100. The van der Waals surface area contributed by atoms with Crippen LogP contribution < -0.4 is 5.32 Å². The highest BCUT2D eigenvalue weighted by atomic mass is 16.3. The van der Waals surface area contributed by atoms with Crippen LogP contribution in [0, 0.1) is 5.92 Å². The molecule has 1 heterocycles. The number of anilines is 1. The molecule has 2 aromatic carbocycles. The molecule has 35 heavy (non-hydrogen) atoms. The lowest BCUT2D eigenvalue weighted by atomic mass is 9.88. The molecule has 1 aliphatic heterocycles. The van der Waals surface area contributed by atoms with E-state index >= 15 is 0 Å². The molecule has 2 N–H and O–H groups in total. The first kappa shape index (κ1) is 23.5. The van der Waals surface area contributed by atoms with E-state index in [9.17, 15) is 19.5 Å². The van der Waals surface area contributed by atoms with Crippen molar-refractivity contribution >= 4 is 23.4 Å². The number of benzene rings is 2. The number of aliphatic hydroxyl groups is 1. The number of amides is 3. The van der Waals surface area contributed by atoms with Crippen LogP contribution in [0.25, 0.3) is 11.1 Å². The Morgan fingerprint density at radius 2 is 1.49 bits per heavy atom. The van der Waals surface area contributed by atoms with Crippen molar-refractivity contribution in [1.82, 2.24) is 9.80 Å². The van der Waals surface area contributed by atoms with Crippen LogP contribution in [-0.4, -0.2) is 64.4 Å². The number of nitrogens with zero attached hydrogens (tertiary/aromatic N) is 2. The number of carbonyl (C=O) groups is 3. The Balaban J connectivity index is 1.19. The molecule has 3 fully saturated rings. The topological polar surface area (TPSA) is 90.0 Å². The molecule has 7 heteroatoms. The molecular weight excluding hydrogens is 442 g/mol. The first-order valence-corrected chi connectivity index (χ1v) is 12.8. The average molecular weight is 476 g/mol. The van der Waals surface area contributed by atoms with E-state index in [0.29, 0.717) is 44.6 Å². The van der Waals surface area contributed by atoms with Gasteiger partial charge in [0.15, 0.2) is 0 Å². The molecule has 0 spiro atoms. The molecule has 2 saturated carbocycles. The van der Waals surface area contributed by atoms with Gasteiger partial charge in [0.05, 0.1) is 0 Å². The van der Waals surface area contributed by atoms with Gasteiger partial charge in [-0.05, 0) is 61.1 Å². The first-order chi connectivity index (χ1) is 16.9. The number of carbonyl (C=O) groups excluding carboxylic acids is 3. The van der Waals surface area contributed by atoms with E-state index in [2.05, 4.69) is 5.32 Å². The van der Waals surface area contributed by atoms with Crippen LogP contribution in [0.4, 0.5) is 5.69 Å². The highest BCUT2D eigenvalue weighted by molar-refractivity contribution is 5.95. The van der Waals surface area contributed by atoms with Crippen molar-refractivity contribution in [1.29, 1.82) is 0 Å². The molecule has 3 amide bonds. The number of nitrogens with one attached hydrogen (secondary N) is 1. The number of piperazine rings is 1. The second kappa shape index (κ2) is 9.82. The van der Waals surface area contributed by atoms with Crippen LogP contribution in [0.5, 0.6) is 0 Å². The van der Waals surface area contributed by atoms with E-state index < -0.39 is 5.60 Å². The van der Waals surface area contributed by atoms with Gasteiger partial charge in [0, 0.05) is 43.3 Å². The second-order valence-electron chi connectivity index (χ2n) is 10.1. The van der Waals surface area contributed by atoms with Crippen molar-refractivity contribution in [3.8, 4) is 11.1 Å². The zero-order valence-electron chi connectivity index (χ0n) is 20.0. The summed E-state index contributed by atoms with van der Waals surface area (Å²) in [5.74, 6) is -0.0413. The Kier molecular flexibility index (Phi) is 6.60. The molecule has 0 atom stereocenters. The van der Waals surface area contributed by atoms with E-state index in [4.69, 9.17) is 0 Å². The minimum absolute atomic E-state index is 0.0534. The molecule has 5 rings (SSSR count). The SMILES string of the molecule is O=C(Nc1cccc(-c2ccc(C(=O)N3CCN(C(=O)C4(O)CC4)CC3)cc2)c1)C1CCCCC1. The fourth-order valence-corrected chi connectivity index (χ4v) is 5.11. The van der Waals surface area contributed by atoms with E-state index in [0.717, 1.165) is 42.5 Å². The maximum atomic E-state index is 13.0. The summed E-state index contributed by atoms with van der Waals surface area (Å²) in [7, 11) is 0. The van der Waals surface area contributed by atoms with Crippen molar-refractivity contribution in [2.45, 2.75) is 50.5 Å². The van der Waals surface area contributed by atoms with Crippen molar-refractivity contribution in [2.24, 2.45) is 5.92 Å². The van der Waals surface area contributed by atoms with E-state index in [1.165, 1.54) is 6.42 Å². The third-order valence-corrected chi connectivity index (χ3v) is 7.55. The van der Waals surface area contributed by atoms with Crippen LogP contribution in [0.1, 0.15) is 55.3 Å². The molecule has 0 unspecified atom stereocenters. The molecular formula is C28H33N3O4. The van der Waals surface area contributed by atoms with Crippen molar-refractivity contribution in [2.75, 3.05) is 31.5 Å². The van der Waals surface area contributed by atoms with Gasteiger partial charge in [0.25, 0.3) is 11.8 Å². The lowest BCUT2D eigenvalue weighted by Gasteiger charge is -2.35. The third-order valence-electron chi connectivity index (χ3n) is 7.55. The lowest BCUT2D eigenvalue weighted by Crippen LogP contribution is -2.53. The van der Waals surface area contributed by atoms with Gasteiger partial charge in [-0.25, -0.2) is 0 Å². The smallest absolute Gasteiger partial charge is 0.254 e. The van der Waals surface area contributed by atoms with Crippen molar-refractivity contribution < 1.29 is 19.5 Å². The van der Waals surface area contributed by atoms with Gasteiger partial charge < -0.3 is 20.2 Å². The zero-order valence-corrected chi connectivity index (χ0v) is 20.0. The van der Waals surface area contributed by atoms with Crippen molar-refractivity contribution in [3.05, 3.63) is 54.1 Å². The Morgan fingerprint density at radius 1 is 0.829 bits per heavy atom. The zero-order chi connectivity index (χ0) is 24.4. The molecule has 3 aliphatic rings. The summed E-state index contributed by atoms with van der Waals surface area (Å²) >= 11 is 0. The summed E-state index contributed by atoms with van der Waals surface area (Å²) < 4.78 is 0. The van der Waals surface area contributed by atoms with Crippen molar-refractivity contribution in [3.63, 3.8) is 0 Å². The van der Waals surface area contributed by atoms with E-state index in [1.54, 1.807) is 9.80 Å². The number of hydrogen-bond acceptors (Lipinski definition) is 4. The lowest BCUT2D eigenvalue weighted by molar-refractivity contribution is -0.143. The maximum absolute atomic E-state index is 13.0. The van der Waals surface area contributed by atoms with E-state index in [1.807, 2.05) is 48.5 Å². The highest BCUT2D eigenvalue weighted by Crippen LogP contribution is 2.37. The quantitative estimate of drug-likeness (QED) is 0.690. The predicted octanol–water partition coefficient (Wildman–Crippen LogP) is 3.68. The molecule has 1 saturated heterocycles. The van der Waals surface area contributed by atoms with Gasteiger partial charge in [-0.3, -0.25) is 14.4 Å². The summed E-state index contributed by atoms with van der Waals surface area (Å²) in [6.45, 7) is 1.82. The highest BCUT2D eigenvalue weighted by Gasteiger charge is 2.50. The van der Waals surface area contributed by atoms with Gasteiger partial charge in [-0.1, -0.05) is 43.5 Å². The van der Waals surface area contributed by atoms with Crippen LogP contribution >= 0.6 is 0 Å². The number of hydrogen-bond donors (Lipinski definition) is 2. The van der Waals surface area contributed by atoms with Gasteiger partial charge in [0.2, 0.25) is 5.91 Å². The minimum atomic E-state index is -1.15. The average Bonchev–Trinajstić information content (AvgIpc) is 3.67. The Labute approximate surface area is 206 Å². The fourth-order valence-electron chi connectivity index (χ4n) is 5.11. The maximum Gasteiger partial charge on any atom is 0.254 e. The molecule has 0 bridgehead atoms. The molecule has 2 aromatic rings. The normalized spacial score (nSPS) is 19.8. The third kappa shape index (κ3) is 5.25. The van der Waals surface area contributed by atoms with Gasteiger partial charge in [-0.15, -0.1) is 0 Å². The minimum Gasteiger partial charge on any atom is -0.380 e. The first-order valence-electron chi connectivity index (χ1n) is 12.8. The molecule has 0 radical (unpaired) electrons. The Morgan fingerprint density at radius 3 is 2.14 bits per heavy atom. The fraction of sp³-hybridized carbons (Fsp3) is 0.464. The van der Waals surface area contributed by atoms with Crippen LogP contribution in [0.2, 0.25) is 0 Å². The molecule has 2 aliphatic carbocycles. The summed E-state index contributed by atoms with van der Waals surface area (Å²) in [5, 5.41) is 13.1. The number of rotatable bonds is 5. The van der Waals surface area contributed by atoms with Crippen LogP contribution in [0.3, 0.4) is 0 Å². The molecule has 184 valence electrons. The van der Waals surface area contributed by atoms with Gasteiger partial charge >= 0.3 is 0 Å². The summed E-state index contributed by atoms with van der Waals surface area (Å²) in [6, 6.07) is 15.3. The summed E-state index contributed by atoms with van der Waals surface area (Å²) in [4.78, 5) is 41.3. The van der Waals surface area contributed by atoms with E-state index in [-0.39, 0.29) is 23.6 Å². The Hall–Kier alpha value is -3.19. The monoisotopic (exact) mass is 475 g/mol. The van der Waals surface area contributed by atoms with Crippen LogP contribution in [0.15, 0.2) is 48.5 Å². The second-order valence-corrected chi connectivity index (χ2v) is 10.1. The summed E-state index contributed by atoms with van der Waals surface area (Å²) in [5.41, 5.74) is 2.20. The molecule has 7 nitrogen and oxygen atoms in total. The predicted molar refractivity (Wildman–Crippen MR) is 134 cm³/mol. The van der Waals surface area contributed by atoms with Crippen LogP contribution in [-0.2, 0) is 9.59 Å². The summed E-state index contributed by atoms with van der Waals surface area (Å²) in [6.07, 6.45) is 6.47. The largest absolute Gasteiger partial charge is 0.380 e. The molecule has 0 aromatic heterocycles. The van der Waals surface area contributed by atoms with Gasteiger partial charge in [0.1, 0.15) is 5.60 Å².